The highest BCUT2D eigenvalue weighted by Crippen LogP contribution is 2.37. The standard InChI is InChI=1S/C21H22N2O4S/c1-13-6-8-14(9-7-13)19-22-15(12-28-19)11-27-18(24)10-23-20(25)16-4-2-3-5-17(16)21(23)26/h6-9,12,16-17H,2-5,10-11H2,1H3/t16-,17-/m1/s1. The van der Waals surface area contributed by atoms with Crippen LogP contribution in [0.4, 0.5) is 0 Å². The maximum atomic E-state index is 12.4. The smallest absolute Gasteiger partial charge is 0.326 e. The van der Waals surface area contributed by atoms with Gasteiger partial charge in [0.05, 0.1) is 17.5 Å². The summed E-state index contributed by atoms with van der Waals surface area (Å²) in [6, 6.07) is 8.07. The molecule has 1 aromatic carbocycles. The molecular weight excluding hydrogens is 376 g/mol. The van der Waals surface area contributed by atoms with Gasteiger partial charge in [-0.3, -0.25) is 19.3 Å². The molecule has 2 atom stereocenters. The number of benzene rings is 1. The summed E-state index contributed by atoms with van der Waals surface area (Å²) >= 11 is 1.49. The molecular formula is C21H22N2O4S. The topological polar surface area (TPSA) is 76.6 Å². The zero-order valence-corrected chi connectivity index (χ0v) is 16.5. The Morgan fingerprint density at radius 2 is 1.79 bits per heavy atom. The molecule has 0 bridgehead atoms. The highest BCUT2D eigenvalue weighted by atomic mass is 32.1. The number of aromatic nitrogens is 1. The van der Waals surface area contributed by atoms with Crippen molar-refractivity contribution in [2.45, 2.75) is 39.2 Å². The Kier molecular flexibility index (Phi) is 5.26. The fourth-order valence-electron chi connectivity index (χ4n) is 3.92. The number of fused-ring (bicyclic) bond motifs is 1. The first-order chi connectivity index (χ1) is 13.5. The molecule has 0 N–H and O–H groups in total. The van der Waals surface area contributed by atoms with E-state index in [1.165, 1.54) is 16.9 Å². The lowest BCUT2D eigenvalue weighted by atomic mass is 9.81. The van der Waals surface area contributed by atoms with Crippen LogP contribution in [0.15, 0.2) is 29.6 Å². The van der Waals surface area contributed by atoms with Crippen molar-refractivity contribution in [1.29, 1.82) is 0 Å². The largest absolute Gasteiger partial charge is 0.458 e. The summed E-state index contributed by atoms with van der Waals surface area (Å²) in [6.07, 6.45) is 3.40. The minimum Gasteiger partial charge on any atom is -0.458 e. The van der Waals surface area contributed by atoms with E-state index in [1.807, 2.05) is 36.6 Å². The monoisotopic (exact) mass is 398 g/mol. The molecule has 1 saturated heterocycles. The Morgan fingerprint density at radius 1 is 1.14 bits per heavy atom. The van der Waals surface area contributed by atoms with Crippen LogP contribution in [0.25, 0.3) is 10.6 Å². The van der Waals surface area contributed by atoms with Crippen molar-refractivity contribution < 1.29 is 19.1 Å². The second-order valence-electron chi connectivity index (χ2n) is 7.43. The number of thiazole rings is 1. The molecule has 1 aromatic heterocycles. The summed E-state index contributed by atoms with van der Waals surface area (Å²) in [6.45, 7) is 1.76. The van der Waals surface area contributed by atoms with Gasteiger partial charge in [-0.25, -0.2) is 4.98 Å². The number of hydrogen-bond donors (Lipinski definition) is 0. The molecule has 0 spiro atoms. The van der Waals surface area contributed by atoms with Gasteiger partial charge < -0.3 is 4.74 Å². The molecule has 1 aliphatic heterocycles. The molecule has 1 aliphatic carbocycles. The van der Waals surface area contributed by atoms with Crippen LogP contribution in [0, 0.1) is 18.8 Å². The third kappa shape index (κ3) is 3.71. The zero-order chi connectivity index (χ0) is 19.7. The molecule has 2 fully saturated rings. The van der Waals surface area contributed by atoms with Crippen molar-refractivity contribution in [3.63, 3.8) is 0 Å². The number of aryl methyl sites for hydroxylation is 1. The average Bonchev–Trinajstić information content (AvgIpc) is 3.27. The van der Waals surface area contributed by atoms with Gasteiger partial charge in [-0.05, 0) is 19.8 Å². The second-order valence-corrected chi connectivity index (χ2v) is 8.29. The van der Waals surface area contributed by atoms with Crippen LogP contribution in [0.2, 0.25) is 0 Å². The molecule has 146 valence electrons. The Bertz CT molecular complexity index is 881. The number of rotatable bonds is 5. The average molecular weight is 398 g/mol. The number of amides is 2. The van der Waals surface area contributed by atoms with E-state index in [0.29, 0.717) is 5.69 Å². The Morgan fingerprint density at radius 3 is 2.43 bits per heavy atom. The van der Waals surface area contributed by atoms with E-state index in [1.54, 1.807) is 0 Å². The van der Waals surface area contributed by atoms with Gasteiger partial charge in [0.25, 0.3) is 0 Å². The third-order valence-corrected chi connectivity index (χ3v) is 6.39. The fourth-order valence-corrected chi connectivity index (χ4v) is 4.73. The van der Waals surface area contributed by atoms with E-state index < -0.39 is 5.97 Å². The quantitative estimate of drug-likeness (QED) is 0.570. The molecule has 7 heteroatoms. The maximum Gasteiger partial charge on any atom is 0.326 e. The first-order valence-corrected chi connectivity index (χ1v) is 10.4. The molecule has 6 nitrogen and oxygen atoms in total. The number of likely N-dealkylation sites (tertiary alicyclic amines) is 1. The normalized spacial score (nSPS) is 21.7. The van der Waals surface area contributed by atoms with Crippen LogP contribution >= 0.6 is 11.3 Å². The fraction of sp³-hybridized carbons (Fsp3) is 0.429. The van der Waals surface area contributed by atoms with Crippen LogP contribution in [-0.2, 0) is 25.7 Å². The SMILES string of the molecule is Cc1ccc(-c2nc(COC(=O)CN3C(=O)[C@@H]4CCCC[C@H]4C3=O)cs2)cc1. The summed E-state index contributed by atoms with van der Waals surface area (Å²) in [4.78, 5) is 42.6. The number of carbonyl (C=O) groups excluding carboxylic acids is 3. The summed E-state index contributed by atoms with van der Waals surface area (Å²) in [5.41, 5.74) is 2.85. The number of carbonyl (C=O) groups is 3. The van der Waals surface area contributed by atoms with Crippen LogP contribution in [-0.4, -0.2) is 34.2 Å². The van der Waals surface area contributed by atoms with E-state index in [4.69, 9.17) is 4.74 Å². The van der Waals surface area contributed by atoms with Crippen molar-refractivity contribution in [2.75, 3.05) is 6.54 Å². The van der Waals surface area contributed by atoms with E-state index in [-0.39, 0.29) is 36.8 Å². The van der Waals surface area contributed by atoms with Crippen LogP contribution in [0.3, 0.4) is 0 Å². The van der Waals surface area contributed by atoms with Gasteiger partial charge in [-0.15, -0.1) is 11.3 Å². The molecule has 2 heterocycles. The molecule has 2 amide bonds. The van der Waals surface area contributed by atoms with Gasteiger partial charge in [-0.1, -0.05) is 42.7 Å². The highest BCUT2D eigenvalue weighted by Gasteiger charge is 2.48. The summed E-state index contributed by atoms with van der Waals surface area (Å²) in [5, 5.41) is 2.71. The lowest BCUT2D eigenvalue weighted by Gasteiger charge is -2.19. The number of nitrogens with zero attached hydrogens (tertiary/aromatic N) is 2. The van der Waals surface area contributed by atoms with Crippen molar-refractivity contribution in [3.05, 3.63) is 40.9 Å². The van der Waals surface area contributed by atoms with Gasteiger partial charge in [0, 0.05) is 10.9 Å². The van der Waals surface area contributed by atoms with E-state index >= 15 is 0 Å². The number of ether oxygens (including phenoxy) is 1. The zero-order valence-electron chi connectivity index (χ0n) is 15.7. The molecule has 0 unspecified atom stereocenters. The van der Waals surface area contributed by atoms with Crippen LogP contribution in [0.5, 0.6) is 0 Å². The summed E-state index contributed by atoms with van der Waals surface area (Å²) in [5.74, 6) is -1.51. The van der Waals surface area contributed by atoms with Gasteiger partial charge in [0.1, 0.15) is 18.2 Å². The van der Waals surface area contributed by atoms with Crippen molar-refractivity contribution in [2.24, 2.45) is 11.8 Å². The summed E-state index contributed by atoms with van der Waals surface area (Å²) < 4.78 is 5.27. The molecule has 28 heavy (non-hydrogen) atoms. The molecule has 2 aliphatic rings. The van der Waals surface area contributed by atoms with Gasteiger partial charge in [-0.2, -0.15) is 0 Å². The van der Waals surface area contributed by atoms with E-state index in [2.05, 4.69) is 4.98 Å². The van der Waals surface area contributed by atoms with Gasteiger partial charge in [0.2, 0.25) is 11.8 Å². The molecule has 4 rings (SSSR count). The Labute approximate surface area is 167 Å². The lowest BCUT2D eigenvalue weighted by molar-refractivity contribution is -0.153. The molecule has 2 aromatic rings. The molecule has 0 radical (unpaired) electrons. The van der Waals surface area contributed by atoms with E-state index in [0.717, 1.165) is 41.2 Å². The van der Waals surface area contributed by atoms with Crippen molar-refractivity contribution in [3.8, 4) is 10.6 Å². The maximum absolute atomic E-state index is 12.4. The van der Waals surface area contributed by atoms with Gasteiger partial charge in [0.15, 0.2) is 0 Å². The first kappa shape index (κ1) is 18.8. The highest BCUT2D eigenvalue weighted by molar-refractivity contribution is 7.13. The Balaban J connectivity index is 1.33. The van der Waals surface area contributed by atoms with Crippen LogP contribution < -0.4 is 0 Å². The number of imide groups is 1. The van der Waals surface area contributed by atoms with E-state index in [9.17, 15) is 14.4 Å². The van der Waals surface area contributed by atoms with Crippen molar-refractivity contribution >= 4 is 29.1 Å². The minimum atomic E-state index is -0.578. The van der Waals surface area contributed by atoms with Crippen molar-refractivity contribution in [1.82, 2.24) is 9.88 Å². The van der Waals surface area contributed by atoms with Gasteiger partial charge >= 0.3 is 5.97 Å². The number of hydrogen-bond acceptors (Lipinski definition) is 6. The Hall–Kier alpha value is -2.54. The minimum absolute atomic E-state index is 0.0320. The second kappa shape index (κ2) is 7.83. The first-order valence-electron chi connectivity index (χ1n) is 9.55. The summed E-state index contributed by atoms with van der Waals surface area (Å²) in [7, 11) is 0. The lowest BCUT2D eigenvalue weighted by Crippen LogP contribution is -2.36. The van der Waals surface area contributed by atoms with Crippen LogP contribution in [0.1, 0.15) is 36.9 Å². The third-order valence-electron chi connectivity index (χ3n) is 5.45. The molecule has 1 saturated carbocycles. The number of esters is 1. The predicted octanol–water partition coefficient (Wildman–Crippen LogP) is 3.34. The predicted molar refractivity (Wildman–Crippen MR) is 104 cm³/mol.